The molecule has 2 unspecified atom stereocenters. The Morgan fingerprint density at radius 3 is 0.636 bits per heavy atom. The highest BCUT2D eigenvalue weighted by Gasteiger charge is 2.64. The number of hydrogen-bond acceptors (Lipinski definition) is 19. The van der Waals surface area contributed by atoms with Crippen molar-refractivity contribution >= 4 is 76.4 Å². The van der Waals surface area contributed by atoms with Gasteiger partial charge in [0.25, 0.3) is 0 Å². The topological polar surface area (TPSA) is 249 Å². The van der Waals surface area contributed by atoms with Gasteiger partial charge in [-0.25, -0.2) is 28.8 Å². The van der Waals surface area contributed by atoms with Crippen LogP contribution in [0.15, 0.2) is 30.9 Å². The molecule has 26 bridgehead atoms. The quantitative estimate of drug-likeness (QED) is 0.0680. The number of carbonyl (C=O) groups is 7. The first-order valence-electron chi connectivity index (χ1n) is 56.0. The lowest BCUT2D eigenvalue weighted by molar-refractivity contribution is -0.172. The highest BCUT2D eigenvalue weighted by Crippen LogP contribution is 2.68. The number of Topliss-reactive ketones (excluding diaryl/α,β-unsaturated/α-hetero) is 1. The molecule has 2 atom stereocenters. The molecule has 730 valence electrons. The summed E-state index contributed by atoms with van der Waals surface area (Å²) in [5, 5.41) is 25.2. The molecule has 0 aromatic rings. The average molecular weight is 1820 g/mol. The summed E-state index contributed by atoms with van der Waals surface area (Å²) in [5.41, 5.74) is 4.90. The maximum absolute atomic E-state index is 13.1. The van der Waals surface area contributed by atoms with Crippen LogP contribution < -0.4 is 0 Å². The Balaban J connectivity index is 0.000000103. The smallest absolute Gasteiger partial charge is 0.318 e. The van der Waals surface area contributed by atoms with Crippen molar-refractivity contribution in [3.63, 3.8) is 0 Å². The van der Waals surface area contributed by atoms with E-state index < -0.39 is 0 Å². The maximum Gasteiger partial charge on any atom is 0.341 e. The Bertz CT molecular complexity index is 4050. The fourth-order valence-corrected chi connectivity index (χ4v) is 36.4. The fourth-order valence-electron chi connectivity index (χ4n) is 36.4. The van der Waals surface area contributed by atoms with Crippen molar-refractivity contribution in [1.29, 1.82) is 0 Å². The van der Waals surface area contributed by atoms with Crippen LogP contribution >= 0.6 is 0 Å². The van der Waals surface area contributed by atoms with Crippen LogP contribution in [-0.2, 0) is 62.6 Å². The molecule has 19 nitrogen and oxygen atoms in total. The van der Waals surface area contributed by atoms with Gasteiger partial charge in [0.15, 0.2) is 5.78 Å². The summed E-state index contributed by atoms with van der Waals surface area (Å²) in [6, 6.07) is 0. The third-order valence-electron chi connectivity index (χ3n) is 41.3. The molecule has 30 rings (SSSR count). The summed E-state index contributed by atoms with van der Waals surface area (Å²) in [6.07, 6.45) is 83.7. The zero-order valence-electron chi connectivity index (χ0n) is 82.3. The van der Waals surface area contributed by atoms with E-state index in [1.54, 1.807) is 6.92 Å². The first kappa shape index (κ1) is 95.4. The Labute approximate surface area is 791 Å². The molecular weight excluding hydrogens is 1650 g/mol. The molecule has 30 aliphatic carbocycles. The molecule has 0 aliphatic heterocycles. The van der Waals surface area contributed by atoms with E-state index in [0.29, 0.717) is 35.5 Å². The van der Waals surface area contributed by atoms with E-state index in [1.165, 1.54) is 263 Å². The minimum atomic E-state index is -0.290. The highest BCUT2D eigenvalue weighted by molar-refractivity contribution is 6.27. The normalized spacial score (nSPS) is 42.7. The second kappa shape index (κ2) is 41.1. The predicted octanol–water partition coefficient (Wildman–Crippen LogP) is 27.4. The van der Waals surface area contributed by atoms with Crippen LogP contribution in [0.5, 0.6) is 0 Å². The standard InChI is InChI=1S/C26H43NO2.C21H31NO2.C18H27NO2.C17H25NO2.C16H23NO2.C15H21NO3/c28-25(26-18-21-15-22(19-26)17-23(16-21)20-26)29-27-24-13-11-9-7-5-3-1-2-4-6-8-10-12-14-24;1-19(2)16-4-5-20(19,3)17(9-16)22-24-18(23)21-10-13-6-14(11-21)8-15(7-13)12-21;20-17(21-19-16-5-3-1-2-4-6-16)18-10-13-7-14(11-18)9-15(8-13)12-18;19-16(20-18-15-4-2-1-3-5-15)17-9-12-6-13(10-17)8-14(7-12)11-17;18-15(19-17-14-3-1-2-4-14)16-8-11-5-12(9-16)7-13(6-11)10-16;1-2-13(17)9-16-19-14(18)15-6-10-3-11(7-15)5-12(4-10)8-15/h21-23H,1-20H2;13-16H,4-12H2,1-3H3;13-15H,1-12H2;12-14H,1-11H2;11-13H,1-10H2;9-12H,2-8H2,1H3/b;22-17-;;;;16-9+. The number of fused-ring (bicyclic) bond motifs is 2. The van der Waals surface area contributed by atoms with Gasteiger partial charge in [0.05, 0.1) is 61.0 Å². The van der Waals surface area contributed by atoms with Crippen molar-refractivity contribution in [3.8, 4) is 0 Å². The fraction of sp³-hybridized carbons (Fsp3) is 0.885. The SMILES string of the molecule is CC12CCC(C/C1=N/OC(=O)C13CC4CC(CC(C4)C1)C3)C2(C)C.CCC(=O)/C=N/OC(=O)C12CC3CC(CC(C3)C1)C2.O=C(ON=C1CCCC1)C12CC3CC(CC(C3)C1)C2.O=C(ON=C1CCCCC1)C12CC3CC(CC(C3)C1)C2.O=C(ON=C1CCCCCC1)C12CC3CC(CC(C3)C1)C2.O=C(ON=C1CCCCCCCCCCCCCC1)C12CC3CC(CC(C3)C1)C2. The minimum absolute atomic E-state index is 0.00153. The molecule has 0 spiro atoms. The molecule has 0 heterocycles. The molecular formula is C113H170N6O13. The molecule has 0 amide bonds. The number of nitrogens with zero attached hydrogens (tertiary/aromatic N) is 6. The molecule has 30 saturated carbocycles. The zero-order valence-corrected chi connectivity index (χ0v) is 82.3. The molecule has 0 saturated heterocycles. The molecule has 19 heteroatoms. The van der Waals surface area contributed by atoms with Gasteiger partial charge in [-0.05, 0) is 471 Å². The van der Waals surface area contributed by atoms with Gasteiger partial charge < -0.3 is 29.0 Å². The van der Waals surface area contributed by atoms with Gasteiger partial charge in [-0.1, -0.05) is 142 Å². The second-order valence-corrected chi connectivity index (χ2v) is 51.6. The van der Waals surface area contributed by atoms with Crippen LogP contribution in [0.2, 0.25) is 0 Å². The van der Waals surface area contributed by atoms with Crippen molar-refractivity contribution in [1.82, 2.24) is 0 Å². The van der Waals surface area contributed by atoms with Gasteiger partial charge in [0, 0.05) is 11.8 Å². The van der Waals surface area contributed by atoms with Crippen LogP contribution in [0, 0.1) is 156 Å². The summed E-state index contributed by atoms with van der Waals surface area (Å²) >= 11 is 0. The van der Waals surface area contributed by atoms with E-state index in [9.17, 15) is 33.6 Å². The summed E-state index contributed by atoms with van der Waals surface area (Å²) < 4.78 is 0. The number of carbonyl (C=O) groups excluding carboxylic acids is 7. The van der Waals surface area contributed by atoms with Crippen LogP contribution in [-0.4, -0.2) is 76.4 Å². The average Bonchev–Trinajstić information content (AvgIpc) is 1.54. The molecule has 30 fully saturated rings. The second-order valence-electron chi connectivity index (χ2n) is 51.6. The van der Waals surface area contributed by atoms with E-state index in [4.69, 9.17) is 29.0 Å². The van der Waals surface area contributed by atoms with Crippen molar-refractivity contribution in [2.24, 2.45) is 187 Å². The molecule has 0 aromatic carbocycles. The lowest BCUT2D eigenvalue weighted by atomic mass is 9.49. The number of rotatable bonds is 14. The zero-order chi connectivity index (χ0) is 90.9. The summed E-state index contributed by atoms with van der Waals surface area (Å²) in [4.78, 5) is 120. The summed E-state index contributed by atoms with van der Waals surface area (Å²) in [6.45, 7) is 8.83. The van der Waals surface area contributed by atoms with Gasteiger partial charge in [-0.15, -0.1) is 0 Å². The molecule has 0 radical (unpaired) electrons. The van der Waals surface area contributed by atoms with Gasteiger partial charge in [0.1, 0.15) is 6.21 Å². The lowest BCUT2D eigenvalue weighted by Gasteiger charge is -2.54. The van der Waals surface area contributed by atoms with Crippen LogP contribution in [0.4, 0.5) is 0 Å². The van der Waals surface area contributed by atoms with Crippen LogP contribution in [0.3, 0.4) is 0 Å². The largest absolute Gasteiger partial charge is 0.341 e. The lowest BCUT2D eigenvalue weighted by Crippen LogP contribution is -2.50. The highest BCUT2D eigenvalue weighted by atomic mass is 16.7. The van der Waals surface area contributed by atoms with E-state index in [0.717, 1.165) is 297 Å². The van der Waals surface area contributed by atoms with Crippen molar-refractivity contribution in [2.45, 2.75) is 471 Å². The number of oxime groups is 6. The predicted molar refractivity (Wildman–Crippen MR) is 514 cm³/mol. The summed E-state index contributed by atoms with van der Waals surface area (Å²) in [7, 11) is 0. The maximum atomic E-state index is 13.1. The van der Waals surface area contributed by atoms with Crippen molar-refractivity contribution in [2.75, 3.05) is 0 Å². The molecule has 132 heavy (non-hydrogen) atoms. The first-order chi connectivity index (χ1) is 63.9. The molecule has 0 N–H and O–H groups in total. The first-order valence-corrected chi connectivity index (χ1v) is 56.0. The van der Waals surface area contributed by atoms with Gasteiger partial charge in [-0.2, -0.15) is 0 Å². The van der Waals surface area contributed by atoms with Gasteiger partial charge in [-0.3, -0.25) is 4.79 Å². The number of ketones is 1. The Kier molecular flexibility index (Phi) is 29.7. The van der Waals surface area contributed by atoms with Gasteiger partial charge >= 0.3 is 35.8 Å². The third-order valence-corrected chi connectivity index (χ3v) is 41.3. The Morgan fingerprint density at radius 2 is 0.447 bits per heavy atom. The van der Waals surface area contributed by atoms with E-state index >= 15 is 0 Å². The van der Waals surface area contributed by atoms with Gasteiger partial charge in [0.2, 0.25) is 0 Å². The monoisotopic (exact) mass is 1820 g/mol. The van der Waals surface area contributed by atoms with Crippen molar-refractivity contribution in [3.05, 3.63) is 0 Å². The summed E-state index contributed by atoms with van der Waals surface area (Å²) in [5.74, 6) is 14.3. The van der Waals surface area contributed by atoms with Crippen LogP contribution in [0.25, 0.3) is 0 Å². The van der Waals surface area contributed by atoms with Crippen molar-refractivity contribution < 1.29 is 62.6 Å². The Hall–Kier alpha value is -5.49. The van der Waals surface area contributed by atoms with Crippen LogP contribution in [0.1, 0.15) is 471 Å². The van der Waals surface area contributed by atoms with E-state index in [1.807, 2.05) is 0 Å². The van der Waals surface area contributed by atoms with E-state index in [-0.39, 0.29) is 79.5 Å². The minimum Gasteiger partial charge on any atom is -0.318 e. The van der Waals surface area contributed by atoms with E-state index in [2.05, 4.69) is 51.7 Å². The Morgan fingerprint density at radius 1 is 0.265 bits per heavy atom. The third kappa shape index (κ3) is 21.5. The molecule has 0 aromatic heterocycles. The molecule has 30 aliphatic rings. The number of hydrogen-bond donors (Lipinski definition) is 0.